The Morgan fingerprint density at radius 2 is 2.06 bits per heavy atom. The van der Waals surface area contributed by atoms with Crippen LogP contribution < -0.4 is 0 Å². The predicted molar refractivity (Wildman–Crippen MR) is 64.2 cm³/mol. The first kappa shape index (κ1) is 12.3. The molecule has 0 radical (unpaired) electrons. The average Bonchev–Trinajstić information content (AvgIpc) is 2.60. The van der Waals surface area contributed by atoms with E-state index in [2.05, 4.69) is 18.7 Å². The zero-order valence-corrected chi connectivity index (χ0v) is 10.5. The summed E-state index contributed by atoms with van der Waals surface area (Å²) < 4.78 is 0. The van der Waals surface area contributed by atoms with Crippen LogP contribution >= 0.6 is 0 Å². The SMILES string of the molecule is CC(C)[C@H]1C[C@@](O)(CN2CCC[C@@H]2CO)C1. The summed E-state index contributed by atoms with van der Waals surface area (Å²) in [5, 5.41) is 19.6. The van der Waals surface area contributed by atoms with Gasteiger partial charge in [-0.3, -0.25) is 4.90 Å². The second-order valence-corrected chi connectivity index (χ2v) is 6.09. The first-order chi connectivity index (χ1) is 7.54. The van der Waals surface area contributed by atoms with Gasteiger partial charge in [-0.1, -0.05) is 13.8 Å². The summed E-state index contributed by atoms with van der Waals surface area (Å²) in [6.45, 7) is 6.51. The number of hydrogen-bond donors (Lipinski definition) is 2. The molecule has 0 unspecified atom stereocenters. The lowest BCUT2D eigenvalue weighted by Gasteiger charge is -2.48. The zero-order chi connectivity index (χ0) is 11.8. The second kappa shape index (κ2) is 4.63. The molecule has 1 aliphatic heterocycles. The Labute approximate surface area is 98.5 Å². The van der Waals surface area contributed by atoms with Crippen molar-refractivity contribution in [2.45, 2.75) is 51.2 Å². The van der Waals surface area contributed by atoms with Crippen LogP contribution in [0.25, 0.3) is 0 Å². The molecule has 2 fully saturated rings. The quantitative estimate of drug-likeness (QED) is 0.759. The van der Waals surface area contributed by atoms with Crippen LogP contribution in [-0.4, -0.2) is 46.5 Å². The van der Waals surface area contributed by atoms with Crippen LogP contribution in [0.1, 0.15) is 39.5 Å². The van der Waals surface area contributed by atoms with Crippen molar-refractivity contribution < 1.29 is 10.2 Å². The molecule has 16 heavy (non-hydrogen) atoms. The number of rotatable bonds is 4. The second-order valence-electron chi connectivity index (χ2n) is 6.09. The summed E-state index contributed by atoms with van der Waals surface area (Å²) in [6, 6.07) is 0.294. The lowest BCUT2D eigenvalue weighted by atomic mass is 9.66. The topological polar surface area (TPSA) is 43.7 Å². The smallest absolute Gasteiger partial charge is 0.0779 e. The van der Waals surface area contributed by atoms with Crippen molar-refractivity contribution in [3.05, 3.63) is 0 Å². The molecule has 1 heterocycles. The highest BCUT2D eigenvalue weighted by molar-refractivity contribution is 4.98. The molecule has 1 atom stereocenters. The van der Waals surface area contributed by atoms with Gasteiger partial charge >= 0.3 is 0 Å². The molecule has 2 N–H and O–H groups in total. The van der Waals surface area contributed by atoms with Crippen LogP contribution in [0.2, 0.25) is 0 Å². The molecule has 2 aliphatic rings. The van der Waals surface area contributed by atoms with E-state index in [0.717, 1.165) is 38.8 Å². The summed E-state index contributed by atoms with van der Waals surface area (Å²) in [6.07, 6.45) is 4.13. The highest BCUT2D eigenvalue weighted by Crippen LogP contribution is 2.43. The van der Waals surface area contributed by atoms with E-state index in [-0.39, 0.29) is 6.61 Å². The van der Waals surface area contributed by atoms with E-state index >= 15 is 0 Å². The summed E-state index contributed by atoms with van der Waals surface area (Å²) in [5.41, 5.74) is -0.466. The third-order valence-corrected chi connectivity index (χ3v) is 4.43. The number of aliphatic hydroxyl groups is 2. The van der Waals surface area contributed by atoms with Gasteiger partial charge in [-0.2, -0.15) is 0 Å². The van der Waals surface area contributed by atoms with Crippen LogP contribution in [0.5, 0.6) is 0 Å². The molecule has 1 saturated heterocycles. The summed E-state index contributed by atoms with van der Waals surface area (Å²) in [4.78, 5) is 2.27. The first-order valence-corrected chi connectivity index (χ1v) is 6.61. The molecule has 0 aromatic heterocycles. The van der Waals surface area contributed by atoms with E-state index < -0.39 is 5.60 Å². The molecule has 2 rings (SSSR count). The molecule has 1 aliphatic carbocycles. The van der Waals surface area contributed by atoms with Gasteiger partial charge < -0.3 is 10.2 Å². The van der Waals surface area contributed by atoms with E-state index in [1.54, 1.807) is 0 Å². The van der Waals surface area contributed by atoms with Crippen molar-refractivity contribution in [3.63, 3.8) is 0 Å². The summed E-state index contributed by atoms with van der Waals surface area (Å²) >= 11 is 0. The van der Waals surface area contributed by atoms with Gasteiger partial charge in [-0.25, -0.2) is 0 Å². The van der Waals surface area contributed by atoms with Gasteiger partial charge in [-0.05, 0) is 44.1 Å². The molecule has 0 aromatic rings. The van der Waals surface area contributed by atoms with Gasteiger partial charge in [0, 0.05) is 12.6 Å². The van der Waals surface area contributed by atoms with Crippen molar-refractivity contribution in [2.75, 3.05) is 19.7 Å². The lowest BCUT2D eigenvalue weighted by molar-refractivity contribution is -0.108. The Balaban J connectivity index is 1.82. The van der Waals surface area contributed by atoms with Gasteiger partial charge in [0.1, 0.15) is 0 Å². The highest BCUT2D eigenvalue weighted by atomic mass is 16.3. The number of likely N-dealkylation sites (tertiary alicyclic amines) is 1. The number of β-amino-alcohol motifs (C(OH)–C–C–N with tert-alkyl or cyclic N) is 1. The summed E-state index contributed by atoms with van der Waals surface area (Å²) in [7, 11) is 0. The van der Waals surface area contributed by atoms with E-state index in [9.17, 15) is 10.2 Å². The lowest BCUT2D eigenvalue weighted by Crippen LogP contribution is -2.54. The maximum absolute atomic E-state index is 10.4. The van der Waals surface area contributed by atoms with Gasteiger partial charge in [0.05, 0.1) is 12.2 Å². The third kappa shape index (κ3) is 2.41. The molecule has 0 spiro atoms. The monoisotopic (exact) mass is 227 g/mol. The molecular formula is C13H25NO2. The minimum absolute atomic E-state index is 0.240. The highest BCUT2D eigenvalue weighted by Gasteiger charge is 2.45. The van der Waals surface area contributed by atoms with Gasteiger partial charge in [0.2, 0.25) is 0 Å². The Kier molecular flexibility index (Phi) is 3.57. The standard InChI is InChI=1S/C13H25NO2/c1-10(2)11-6-13(16,7-11)9-14-5-3-4-12(14)8-15/h10-12,15-16H,3-9H2,1-2H3/t11-,12-,13-/m1/s1. The van der Waals surface area contributed by atoms with E-state index in [4.69, 9.17) is 0 Å². The normalized spacial score (nSPS) is 40.3. The minimum atomic E-state index is -0.466. The van der Waals surface area contributed by atoms with Crippen molar-refractivity contribution >= 4 is 0 Å². The molecule has 3 heteroatoms. The van der Waals surface area contributed by atoms with E-state index in [1.807, 2.05) is 0 Å². The van der Waals surface area contributed by atoms with E-state index in [0.29, 0.717) is 17.9 Å². The fourth-order valence-electron chi connectivity index (χ4n) is 3.20. The van der Waals surface area contributed by atoms with Gasteiger partial charge in [0.25, 0.3) is 0 Å². The minimum Gasteiger partial charge on any atom is -0.395 e. The number of nitrogens with zero attached hydrogens (tertiary/aromatic N) is 1. The van der Waals surface area contributed by atoms with Crippen molar-refractivity contribution in [1.82, 2.24) is 4.90 Å². The largest absolute Gasteiger partial charge is 0.395 e. The third-order valence-electron chi connectivity index (χ3n) is 4.43. The maximum Gasteiger partial charge on any atom is 0.0779 e. The number of hydrogen-bond acceptors (Lipinski definition) is 3. The van der Waals surface area contributed by atoms with Crippen LogP contribution in [0.4, 0.5) is 0 Å². The molecule has 94 valence electrons. The van der Waals surface area contributed by atoms with E-state index in [1.165, 1.54) is 0 Å². The predicted octanol–water partition coefficient (Wildman–Crippen LogP) is 1.24. The van der Waals surface area contributed by atoms with Crippen molar-refractivity contribution in [2.24, 2.45) is 11.8 Å². The summed E-state index contributed by atoms with van der Waals surface area (Å²) in [5.74, 6) is 1.38. The van der Waals surface area contributed by atoms with Crippen LogP contribution in [-0.2, 0) is 0 Å². The first-order valence-electron chi connectivity index (χ1n) is 6.61. The van der Waals surface area contributed by atoms with Gasteiger partial charge in [0.15, 0.2) is 0 Å². The van der Waals surface area contributed by atoms with Crippen LogP contribution in [0.3, 0.4) is 0 Å². The number of aliphatic hydroxyl groups excluding tert-OH is 1. The zero-order valence-electron chi connectivity index (χ0n) is 10.5. The molecule has 1 saturated carbocycles. The Bertz CT molecular complexity index is 236. The fraction of sp³-hybridized carbons (Fsp3) is 1.00. The fourth-order valence-corrected chi connectivity index (χ4v) is 3.20. The maximum atomic E-state index is 10.4. The molecular weight excluding hydrogens is 202 g/mol. The molecule has 0 bridgehead atoms. The Hall–Kier alpha value is -0.120. The van der Waals surface area contributed by atoms with Gasteiger partial charge in [-0.15, -0.1) is 0 Å². The van der Waals surface area contributed by atoms with Crippen LogP contribution in [0, 0.1) is 11.8 Å². The van der Waals surface area contributed by atoms with Crippen molar-refractivity contribution in [1.29, 1.82) is 0 Å². The van der Waals surface area contributed by atoms with Crippen LogP contribution in [0.15, 0.2) is 0 Å². The molecule has 0 aromatic carbocycles. The average molecular weight is 227 g/mol. The Morgan fingerprint density at radius 3 is 2.62 bits per heavy atom. The molecule has 0 amide bonds. The molecule has 3 nitrogen and oxygen atoms in total. The van der Waals surface area contributed by atoms with Crippen molar-refractivity contribution in [3.8, 4) is 0 Å². The Morgan fingerprint density at radius 1 is 1.38 bits per heavy atom.